The fourth-order valence-electron chi connectivity index (χ4n) is 5.16. The number of hydrogen-bond acceptors (Lipinski definition) is 3. The first-order valence-electron chi connectivity index (χ1n) is 12.5. The highest BCUT2D eigenvalue weighted by Gasteiger charge is 2.29. The van der Waals surface area contributed by atoms with Gasteiger partial charge in [0.15, 0.2) is 5.82 Å². The number of nitrogens with one attached hydrogen (secondary N) is 1. The molecule has 0 bridgehead atoms. The zero-order valence-electron chi connectivity index (χ0n) is 20.8. The third-order valence-electron chi connectivity index (χ3n) is 6.99. The molecule has 186 valence electrons. The minimum atomic E-state index is 0.620. The van der Waals surface area contributed by atoms with Gasteiger partial charge in [0.05, 0.1) is 7.11 Å². The molecule has 1 aliphatic heterocycles. The molecule has 0 unspecified atom stereocenters. The maximum atomic E-state index is 6.12. The van der Waals surface area contributed by atoms with Crippen molar-refractivity contribution >= 4 is 40.1 Å². The van der Waals surface area contributed by atoms with E-state index in [1.807, 2.05) is 36.4 Å². The van der Waals surface area contributed by atoms with Gasteiger partial charge in [-0.2, -0.15) is 0 Å². The summed E-state index contributed by atoms with van der Waals surface area (Å²) >= 11 is 12.2. The van der Waals surface area contributed by atoms with Crippen LogP contribution in [0.25, 0.3) is 28.2 Å². The highest BCUT2D eigenvalue weighted by Crippen LogP contribution is 2.39. The zero-order valence-corrected chi connectivity index (χ0v) is 22.4. The van der Waals surface area contributed by atoms with Crippen molar-refractivity contribution in [2.75, 3.05) is 12.4 Å². The van der Waals surface area contributed by atoms with Gasteiger partial charge in [-0.3, -0.25) is 0 Å². The average Bonchev–Trinajstić information content (AvgIpc) is 3.33. The van der Waals surface area contributed by atoms with Crippen LogP contribution >= 0.6 is 23.8 Å². The Labute approximate surface area is 226 Å². The Hall–Kier alpha value is -3.61. The predicted molar refractivity (Wildman–Crippen MR) is 155 cm³/mol. The fourth-order valence-corrected chi connectivity index (χ4v) is 5.59. The van der Waals surface area contributed by atoms with Crippen LogP contribution in [0.2, 0.25) is 5.02 Å². The topological polar surface area (TPSA) is 43.5 Å². The molecule has 37 heavy (non-hydrogen) atoms. The molecule has 1 N–H and O–H groups in total. The van der Waals surface area contributed by atoms with E-state index in [0.717, 1.165) is 71.1 Å². The van der Waals surface area contributed by atoms with Gasteiger partial charge in [0, 0.05) is 33.9 Å². The lowest BCUT2D eigenvalue weighted by molar-refractivity contribution is 0.415. The van der Waals surface area contributed by atoms with Crippen LogP contribution in [0.5, 0.6) is 5.75 Å². The quantitative estimate of drug-likeness (QED) is 0.240. The summed E-state index contributed by atoms with van der Waals surface area (Å²) in [6, 6.07) is 24.4. The Bertz CT molecular complexity index is 1600. The predicted octanol–water partition coefficient (Wildman–Crippen LogP) is 7.56. The van der Waals surface area contributed by atoms with Gasteiger partial charge in [0.25, 0.3) is 0 Å². The summed E-state index contributed by atoms with van der Waals surface area (Å²) in [5, 5.41) is 9.31. The molecule has 0 spiro atoms. The Morgan fingerprint density at radius 2 is 1.65 bits per heavy atom. The third-order valence-corrected chi connectivity index (χ3v) is 7.54. The molecule has 3 heterocycles. The van der Waals surface area contributed by atoms with Crippen LogP contribution in [0, 0.1) is 6.92 Å². The summed E-state index contributed by atoms with van der Waals surface area (Å²) in [5.41, 5.74) is 8.75. The summed E-state index contributed by atoms with van der Waals surface area (Å²) in [5.74, 6) is 1.79. The number of methoxy groups -OCH3 is 1. The minimum absolute atomic E-state index is 0.620. The third kappa shape index (κ3) is 4.30. The molecule has 5 aromatic rings. The van der Waals surface area contributed by atoms with Crippen LogP contribution in [0.4, 0.5) is 5.69 Å². The van der Waals surface area contributed by atoms with Gasteiger partial charge >= 0.3 is 0 Å². The largest absolute Gasteiger partial charge is 0.497 e. The van der Waals surface area contributed by atoms with Gasteiger partial charge < -0.3 is 14.6 Å². The van der Waals surface area contributed by atoms with Crippen LogP contribution in [-0.2, 0) is 13.0 Å². The lowest BCUT2D eigenvalue weighted by atomic mass is 9.98. The van der Waals surface area contributed by atoms with E-state index in [4.69, 9.17) is 33.7 Å². The van der Waals surface area contributed by atoms with Crippen LogP contribution in [0.15, 0.2) is 72.8 Å². The first-order chi connectivity index (χ1) is 18.0. The number of nitrogens with zero attached hydrogens (tertiary/aromatic N) is 3. The van der Waals surface area contributed by atoms with Crippen molar-refractivity contribution < 1.29 is 4.74 Å². The minimum Gasteiger partial charge on any atom is -0.497 e. The first-order valence-corrected chi connectivity index (χ1v) is 13.2. The van der Waals surface area contributed by atoms with Gasteiger partial charge in [-0.05, 0) is 68.1 Å². The van der Waals surface area contributed by atoms with Crippen LogP contribution in [-0.4, -0.2) is 26.3 Å². The summed E-state index contributed by atoms with van der Waals surface area (Å²) in [6.07, 6.45) is 3.17. The molecule has 0 saturated heterocycles. The van der Waals surface area contributed by atoms with Crippen molar-refractivity contribution in [2.45, 2.75) is 32.7 Å². The molecule has 0 fully saturated rings. The molecular weight excluding hydrogens is 500 g/mol. The lowest BCUT2D eigenvalue weighted by Crippen LogP contribution is -2.14. The number of thiocarbonyl (C=S) groups is 1. The molecule has 1 aliphatic rings. The Morgan fingerprint density at radius 1 is 0.946 bits per heavy atom. The lowest BCUT2D eigenvalue weighted by Gasteiger charge is -2.12. The molecule has 0 radical (unpaired) electrons. The van der Waals surface area contributed by atoms with E-state index >= 15 is 0 Å². The van der Waals surface area contributed by atoms with E-state index in [1.165, 1.54) is 11.1 Å². The summed E-state index contributed by atoms with van der Waals surface area (Å²) < 4.78 is 9.85. The number of benzene rings is 3. The average molecular weight is 527 g/mol. The van der Waals surface area contributed by atoms with E-state index in [9.17, 15) is 0 Å². The highest BCUT2D eigenvalue weighted by molar-refractivity contribution is 7.81. The smallest absolute Gasteiger partial charge is 0.162 e. The van der Waals surface area contributed by atoms with Crippen molar-refractivity contribution in [3.8, 4) is 28.3 Å². The number of aryl methyl sites for hydroxylation is 3. The van der Waals surface area contributed by atoms with E-state index in [2.05, 4.69) is 57.7 Å². The Balaban J connectivity index is 1.59. The van der Waals surface area contributed by atoms with Gasteiger partial charge in [-0.15, -0.1) is 5.10 Å². The number of halogens is 1. The monoisotopic (exact) mass is 526 g/mol. The maximum Gasteiger partial charge on any atom is 0.162 e. The molecule has 2 aromatic heterocycles. The van der Waals surface area contributed by atoms with Gasteiger partial charge in [0.2, 0.25) is 0 Å². The summed E-state index contributed by atoms with van der Waals surface area (Å²) in [4.78, 5) is 0.620. The van der Waals surface area contributed by atoms with Crippen molar-refractivity contribution in [3.05, 3.63) is 94.6 Å². The summed E-state index contributed by atoms with van der Waals surface area (Å²) in [6.45, 7) is 3.02. The standard InChI is InChI=1S/C30H27ClN4OS/c1-19-6-8-21(9-7-19)28-33-35-27(29(37)32-23-14-12-22(31)13-15-23)26(20-10-16-24(36-2)17-11-20)25-5-3-4-18-34(28)30(25)35/h6-17H,3-5,18H2,1-2H3,(H,32,37). The van der Waals surface area contributed by atoms with Gasteiger partial charge in [-0.25, -0.2) is 4.52 Å². The van der Waals surface area contributed by atoms with E-state index in [-0.39, 0.29) is 0 Å². The van der Waals surface area contributed by atoms with E-state index < -0.39 is 0 Å². The Morgan fingerprint density at radius 3 is 2.35 bits per heavy atom. The summed E-state index contributed by atoms with van der Waals surface area (Å²) in [7, 11) is 1.69. The molecule has 7 heteroatoms. The van der Waals surface area contributed by atoms with Crippen molar-refractivity contribution in [1.82, 2.24) is 14.2 Å². The second-order valence-corrected chi connectivity index (χ2v) is 10.3. The molecule has 0 aliphatic carbocycles. The molecule has 0 atom stereocenters. The molecule has 0 saturated carbocycles. The number of anilines is 1. The van der Waals surface area contributed by atoms with Crippen molar-refractivity contribution in [1.29, 1.82) is 0 Å². The number of hydrogen-bond donors (Lipinski definition) is 1. The number of ether oxygens (including phenoxy) is 1. The normalized spacial score (nSPS) is 12.9. The van der Waals surface area contributed by atoms with E-state index in [0.29, 0.717) is 10.0 Å². The zero-order chi connectivity index (χ0) is 25.5. The fraction of sp³-hybridized carbons (Fsp3) is 0.200. The number of rotatable bonds is 5. The molecule has 5 nitrogen and oxygen atoms in total. The molecular formula is C30H27ClN4OS. The second-order valence-electron chi connectivity index (χ2n) is 9.43. The van der Waals surface area contributed by atoms with Crippen molar-refractivity contribution in [3.63, 3.8) is 0 Å². The SMILES string of the molecule is COc1ccc(-c2c3c4n(c(-c5ccc(C)cc5)nn4c2C(=S)Nc2ccc(Cl)cc2)CCCC3)cc1. The molecule has 0 amide bonds. The Kier molecular flexibility index (Phi) is 6.22. The first kappa shape index (κ1) is 23.8. The van der Waals surface area contributed by atoms with Crippen LogP contribution in [0.3, 0.4) is 0 Å². The van der Waals surface area contributed by atoms with Gasteiger partial charge in [0.1, 0.15) is 22.1 Å². The molecule has 3 aromatic carbocycles. The highest BCUT2D eigenvalue weighted by atomic mass is 35.5. The van der Waals surface area contributed by atoms with E-state index in [1.54, 1.807) is 7.11 Å². The number of aromatic nitrogens is 3. The second kappa shape index (κ2) is 9.69. The molecule has 6 rings (SSSR count). The van der Waals surface area contributed by atoms with Crippen molar-refractivity contribution in [2.24, 2.45) is 0 Å². The maximum absolute atomic E-state index is 6.12. The van der Waals surface area contributed by atoms with Crippen LogP contribution < -0.4 is 10.1 Å². The van der Waals surface area contributed by atoms with Crippen LogP contribution in [0.1, 0.15) is 29.7 Å². The van der Waals surface area contributed by atoms with Gasteiger partial charge in [-0.1, -0.05) is 65.8 Å².